The van der Waals surface area contributed by atoms with E-state index in [9.17, 15) is 4.79 Å². The first-order valence-electron chi connectivity index (χ1n) is 5.88. The Labute approximate surface area is 108 Å². The van der Waals surface area contributed by atoms with E-state index < -0.39 is 11.7 Å². The molecule has 0 radical (unpaired) electrons. The molecule has 0 aromatic heterocycles. The third-order valence-corrected chi connectivity index (χ3v) is 2.37. The van der Waals surface area contributed by atoms with Gasteiger partial charge in [-0.05, 0) is 57.9 Å². The maximum Gasteiger partial charge on any atom is 0.412 e. The molecule has 0 aliphatic carbocycles. The van der Waals surface area contributed by atoms with Gasteiger partial charge in [-0.15, -0.1) is 0 Å². The molecule has 0 spiro atoms. The number of rotatable bonds is 2. The molecule has 0 bridgehead atoms. The average molecular weight is 251 g/mol. The van der Waals surface area contributed by atoms with Gasteiger partial charge in [0.15, 0.2) is 0 Å². The number of ether oxygens (including phenoxy) is 2. The Hall–Kier alpha value is -1.71. The predicted octanol–water partition coefficient (Wildman–Crippen LogP) is 3.66. The Kier molecular flexibility index (Phi) is 4.22. The summed E-state index contributed by atoms with van der Waals surface area (Å²) >= 11 is 0. The van der Waals surface area contributed by atoms with Crippen LogP contribution in [0.25, 0.3) is 0 Å². The van der Waals surface area contributed by atoms with Crippen molar-refractivity contribution < 1.29 is 14.3 Å². The van der Waals surface area contributed by atoms with Crippen molar-refractivity contribution >= 4 is 11.8 Å². The number of benzene rings is 1. The standard InChI is InChI=1S/C14H21NO3/c1-9-7-11(17-6)8-10(2)12(9)15-13(16)18-14(3,4)5/h7-8H,1-6H3,(H,15,16). The summed E-state index contributed by atoms with van der Waals surface area (Å²) in [5.74, 6) is 0.778. The summed E-state index contributed by atoms with van der Waals surface area (Å²) in [6, 6.07) is 3.75. The van der Waals surface area contributed by atoms with Crippen LogP contribution in [0.2, 0.25) is 0 Å². The van der Waals surface area contributed by atoms with E-state index in [4.69, 9.17) is 9.47 Å². The molecule has 0 aliphatic heterocycles. The van der Waals surface area contributed by atoms with Crippen molar-refractivity contribution in [1.29, 1.82) is 0 Å². The van der Waals surface area contributed by atoms with Crippen LogP contribution in [0.3, 0.4) is 0 Å². The Morgan fingerprint density at radius 1 is 1.17 bits per heavy atom. The van der Waals surface area contributed by atoms with E-state index in [0.717, 1.165) is 22.6 Å². The van der Waals surface area contributed by atoms with Gasteiger partial charge in [0.25, 0.3) is 0 Å². The first-order chi connectivity index (χ1) is 8.23. The number of carbonyl (C=O) groups is 1. The highest BCUT2D eigenvalue weighted by molar-refractivity contribution is 5.87. The topological polar surface area (TPSA) is 47.6 Å². The Morgan fingerprint density at radius 3 is 2.06 bits per heavy atom. The summed E-state index contributed by atoms with van der Waals surface area (Å²) in [5, 5.41) is 2.77. The smallest absolute Gasteiger partial charge is 0.412 e. The van der Waals surface area contributed by atoms with Gasteiger partial charge in [0.05, 0.1) is 12.8 Å². The number of amides is 1. The first-order valence-corrected chi connectivity index (χ1v) is 5.88. The number of hydrogen-bond acceptors (Lipinski definition) is 3. The highest BCUT2D eigenvalue weighted by Gasteiger charge is 2.17. The summed E-state index contributed by atoms with van der Waals surface area (Å²) in [5.41, 5.74) is 2.15. The number of nitrogens with one attached hydrogen (secondary N) is 1. The Morgan fingerprint density at radius 2 is 1.67 bits per heavy atom. The van der Waals surface area contributed by atoms with Gasteiger partial charge in [-0.3, -0.25) is 5.32 Å². The fourth-order valence-corrected chi connectivity index (χ4v) is 1.64. The van der Waals surface area contributed by atoms with Crippen molar-refractivity contribution in [2.45, 2.75) is 40.2 Å². The summed E-state index contributed by atoms with van der Waals surface area (Å²) in [6.45, 7) is 9.34. The lowest BCUT2D eigenvalue weighted by Crippen LogP contribution is -2.27. The van der Waals surface area contributed by atoms with Gasteiger partial charge in [-0.2, -0.15) is 0 Å². The molecule has 0 fully saturated rings. The number of anilines is 1. The van der Waals surface area contributed by atoms with Crippen molar-refractivity contribution in [2.24, 2.45) is 0 Å². The lowest BCUT2D eigenvalue weighted by molar-refractivity contribution is 0.0635. The molecule has 0 atom stereocenters. The van der Waals surface area contributed by atoms with Crippen LogP contribution >= 0.6 is 0 Å². The Bertz CT molecular complexity index is 424. The van der Waals surface area contributed by atoms with Gasteiger partial charge in [0, 0.05) is 0 Å². The maximum atomic E-state index is 11.7. The number of aryl methyl sites for hydroxylation is 2. The average Bonchev–Trinajstić information content (AvgIpc) is 2.20. The van der Waals surface area contributed by atoms with E-state index in [1.165, 1.54) is 0 Å². The molecule has 18 heavy (non-hydrogen) atoms. The van der Waals surface area contributed by atoms with E-state index in [-0.39, 0.29) is 0 Å². The van der Waals surface area contributed by atoms with Crippen LogP contribution in [-0.2, 0) is 4.74 Å². The zero-order valence-electron chi connectivity index (χ0n) is 11.9. The van der Waals surface area contributed by atoms with Crippen LogP contribution in [0.15, 0.2) is 12.1 Å². The molecule has 1 N–H and O–H groups in total. The third kappa shape index (κ3) is 3.95. The normalized spacial score (nSPS) is 11.0. The molecular weight excluding hydrogens is 230 g/mol. The van der Waals surface area contributed by atoms with Crippen LogP contribution < -0.4 is 10.1 Å². The monoisotopic (exact) mass is 251 g/mol. The minimum Gasteiger partial charge on any atom is -0.497 e. The van der Waals surface area contributed by atoms with Crippen LogP contribution in [0.4, 0.5) is 10.5 Å². The minimum atomic E-state index is -0.502. The van der Waals surface area contributed by atoms with Crippen LogP contribution in [0.1, 0.15) is 31.9 Å². The third-order valence-electron chi connectivity index (χ3n) is 2.37. The van der Waals surface area contributed by atoms with Crippen molar-refractivity contribution in [2.75, 3.05) is 12.4 Å². The first kappa shape index (κ1) is 14.4. The van der Waals surface area contributed by atoms with Gasteiger partial charge in [-0.25, -0.2) is 4.79 Å². The second kappa shape index (κ2) is 5.29. The second-order valence-electron chi connectivity index (χ2n) is 5.26. The molecule has 4 heteroatoms. The van der Waals surface area contributed by atoms with Gasteiger partial charge in [0.2, 0.25) is 0 Å². The second-order valence-corrected chi connectivity index (χ2v) is 5.26. The van der Waals surface area contributed by atoms with Crippen molar-refractivity contribution in [3.05, 3.63) is 23.3 Å². The zero-order valence-corrected chi connectivity index (χ0v) is 11.9. The fourth-order valence-electron chi connectivity index (χ4n) is 1.64. The molecule has 1 rings (SSSR count). The summed E-state index contributed by atoms with van der Waals surface area (Å²) < 4.78 is 10.4. The molecule has 1 aromatic carbocycles. The minimum absolute atomic E-state index is 0.445. The highest BCUT2D eigenvalue weighted by atomic mass is 16.6. The lowest BCUT2D eigenvalue weighted by atomic mass is 10.1. The number of methoxy groups -OCH3 is 1. The van der Waals surface area contributed by atoms with E-state index in [2.05, 4.69) is 5.32 Å². The van der Waals surface area contributed by atoms with E-state index in [1.807, 2.05) is 46.8 Å². The SMILES string of the molecule is COc1cc(C)c(NC(=O)OC(C)(C)C)c(C)c1. The van der Waals surface area contributed by atoms with Crippen molar-refractivity contribution in [3.8, 4) is 5.75 Å². The summed E-state index contributed by atoms with van der Waals surface area (Å²) in [6.07, 6.45) is -0.445. The molecule has 100 valence electrons. The van der Waals surface area contributed by atoms with Crippen LogP contribution in [0.5, 0.6) is 5.75 Å². The van der Waals surface area contributed by atoms with Crippen molar-refractivity contribution in [1.82, 2.24) is 0 Å². The molecule has 0 aliphatic rings. The Balaban J connectivity index is 2.88. The summed E-state index contributed by atoms with van der Waals surface area (Å²) in [7, 11) is 1.62. The number of carbonyl (C=O) groups excluding carboxylic acids is 1. The molecule has 0 heterocycles. The number of hydrogen-bond donors (Lipinski definition) is 1. The van der Waals surface area contributed by atoms with Gasteiger partial charge in [0.1, 0.15) is 11.4 Å². The molecular formula is C14H21NO3. The van der Waals surface area contributed by atoms with Crippen molar-refractivity contribution in [3.63, 3.8) is 0 Å². The van der Waals surface area contributed by atoms with Crippen LogP contribution in [0, 0.1) is 13.8 Å². The summed E-state index contributed by atoms with van der Waals surface area (Å²) in [4.78, 5) is 11.7. The fraction of sp³-hybridized carbons (Fsp3) is 0.500. The van der Waals surface area contributed by atoms with E-state index >= 15 is 0 Å². The van der Waals surface area contributed by atoms with Gasteiger partial charge < -0.3 is 9.47 Å². The van der Waals surface area contributed by atoms with Gasteiger partial charge >= 0.3 is 6.09 Å². The molecule has 4 nitrogen and oxygen atoms in total. The molecule has 1 aromatic rings. The predicted molar refractivity (Wildman–Crippen MR) is 72.3 cm³/mol. The molecule has 0 saturated heterocycles. The van der Waals surface area contributed by atoms with E-state index in [0.29, 0.717) is 0 Å². The quantitative estimate of drug-likeness (QED) is 0.872. The van der Waals surface area contributed by atoms with E-state index in [1.54, 1.807) is 7.11 Å². The maximum absolute atomic E-state index is 11.7. The lowest BCUT2D eigenvalue weighted by Gasteiger charge is -2.21. The van der Waals surface area contributed by atoms with Gasteiger partial charge in [-0.1, -0.05) is 0 Å². The largest absolute Gasteiger partial charge is 0.497 e. The molecule has 1 amide bonds. The molecule has 0 saturated carbocycles. The van der Waals surface area contributed by atoms with Crippen LogP contribution in [-0.4, -0.2) is 18.8 Å². The molecule has 0 unspecified atom stereocenters. The highest BCUT2D eigenvalue weighted by Crippen LogP contribution is 2.26. The zero-order chi connectivity index (χ0) is 13.9.